The van der Waals surface area contributed by atoms with Crippen molar-refractivity contribution in [2.45, 2.75) is 38.5 Å². The molecule has 3 aromatic rings. The Bertz CT molecular complexity index is 1490. The Morgan fingerprint density at radius 1 is 1.15 bits per heavy atom. The summed E-state index contributed by atoms with van der Waals surface area (Å²) in [5, 5.41) is 17.3. The van der Waals surface area contributed by atoms with E-state index in [1.165, 1.54) is 19.4 Å². The predicted octanol–water partition coefficient (Wildman–Crippen LogP) is 3.76. The molecule has 0 bridgehead atoms. The van der Waals surface area contributed by atoms with E-state index in [0.29, 0.717) is 42.1 Å². The number of rotatable bonds is 4. The monoisotopic (exact) mass is 543 g/mol. The van der Waals surface area contributed by atoms with E-state index in [2.05, 4.69) is 21.3 Å². The smallest absolute Gasteiger partial charge is 0.451 e. The van der Waals surface area contributed by atoms with E-state index in [-0.39, 0.29) is 54.5 Å². The summed E-state index contributed by atoms with van der Waals surface area (Å²) >= 11 is 0. The van der Waals surface area contributed by atoms with Gasteiger partial charge in [0.05, 0.1) is 24.9 Å². The van der Waals surface area contributed by atoms with Gasteiger partial charge in [0.15, 0.2) is 17.4 Å². The molecule has 204 valence electrons. The number of hydrogen-bond acceptors (Lipinski definition) is 7. The van der Waals surface area contributed by atoms with E-state index in [4.69, 9.17) is 4.74 Å². The molecule has 6 rings (SSSR count). The molecule has 39 heavy (non-hydrogen) atoms. The molecular formula is C26H25F4N7O2. The second-order valence-corrected chi connectivity index (χ2v) is 10.3. The Hall–Kier alpha value is -3.95. The predicted molar refractivity (Wildman–Crippen MR) is 130 cm³/mol. The van der Waals surface area contributed by atoms with E-state index >= 15 is 4.39 Å². The Labute approximate surface area is 221 Å². The number of halogens is 4. The summed E-state index contributed by atoms with van der Waals surface area (Å²) < 4.78 is 60.8. The number of carbonyl (C=O) groups excluding carboxylic acids is 1. The molecule has 0 N–H and O–H groups in total. The summed E-state index contributed by atoms with van der Waals surface area (Å²) in [6.07, 6.45) is -0.763. The van der Waals surface area contributed by atoms with Gasteiger partial charge in [-0.1, -0.05) is 0 Å². The second kappa shape index (κ2) is 9.36. The topological polar surface area (TPSA) is 100 Å². The van der Waals surface area contributed by atoms with Crippen molar-refractivity contribution >= 4 is 22.5 Å². The summed E-state index contributed by atoms with van der Waals surface area (Å²) in [4.78, 5) is 21.5. The van der Waals surface area contributed by atoms with Gasteiger partial charge in [0.25, 0.3) is 0 Å². The van der Waals surface area contributed by atoms with E-state index < -0.39 is 17.8 Å². The number of anilines is 1. The van der Waals surface area contributed by atoms with Gasteiger partial charge < -0.3 is 19.1 Å². The molecule has 0 spiro atoms. The highest BCUT2D eigenvalue weighted by Gasteiger charge is 2.46. The average molecular weight is 544 g/mol. The van der Waals surface area contributed by atoms with Crippen LogP contribution in [0.5, 0.6) is 5.75 Å². The number of carbonyl (C=O) groups is 1. The van der Waals surface area contributed by atoms with E-state index in [1.807, 2.05) is 4.90 Å². The van der Waals surface area contributed by atoms with Gasteiger partial charge in [-0.15, -0.1) is 10.2 Å². The number of nitriles is 1. The van der Waals surface area contributed by atoms with Gasteiger partial charge in [-0.2, -0.15) is 18.4 Å². The molecule has 3 aliphatic rings. The molecule has 9 nitrogen and oxygen atoms in total. The lowest BCUT2D eigenvalue weighted by atomic mass is 9.80. The molecule has 2 aliphatic heterocycles. The average Bonchev–Trinajstić information content (AvgIpc) is 3.69. The van der Waals surface area contributed by atoms with E-state index in [9.17, 15) is 23.2 Å². The van der Waals surface area contributed by atoms with Crippen molar-refractivity contribution in [2.75, 3.05) is 31.6 Å². The number of pyridine rings is 1. The number of piperidine rings is 1. The minimum atomic E-state index is -4.60. The third kappa shape index (κ3) is 4.31. The number of fused-ring (bicyclic) bond motifs is 2. The van der Waals surface area contributed by atoms with Crippen molar-refractivity contribution in [2.24, 2.45) is 17.8 Å². The largest absolute Gasteiger partial charge is 0.494 e. The van der Waals surface area contributed by atoms with Gasteiger partial charge >= 0.3 is 6.18 Å². The Kier molecular flexibility index (Phi) is 6.08. The minimum Gasteiger partial charge on any atom is -0.494 e. The van der Waals surface area contributed by atoms with Crippen molar-refractivity contribution in [1.82, 2.24) is 24.6 Å². The molecule has 1 saturated heterocycles. The van der Waals surface area contributed by atoms with Crippen LogP contribution in [0, 0.1) is 34.9 Å². The highest BCUT2D eigenvalue weighted by molar-refractivity contribution is 5.95. The first-order valence-electron chi connectivity index (χ1n) is 12.8. The highest BCUT2D eigenvalue weighted by Crippen LogP contribution is 2.46. The molecular weight excluding hydrogens is 518 g/mol. The minimum absolute atomic E-state index is 0.00497. The van der Waals surface area contributed by atoms with Gasteiger partial charge in [0.1, 0.15) is 11.6 Å². The Balaban J connectivity index is 1.26. The van der Waals surface area contributed by atoms with Crippen LogP contribution in [0.4, 0.5) is 23.2 Å². The van der Waals surface area contributed by atoms with Crippen LogP contribution in [-0.4, -0.2) is 57.3 Å². The fourth-order valence-electron chi connectivity index (χ4n) is 6.06. The lowest BCUT2D eigenvalue weighted by Crippen LogP contribution is -2.50. The van der Waals surface area contributed by atoms with Crippen molar-refractivity contribution in [1.29, 1.82) is 5.26 Å². The van der Waals surface area contributed by atoms with Gasteiger partial charge in [-0.3, -0.25) is 9.78 Å². The van der Waals surface area contributed by atoms with Crippen molar-refractivity contribution < 1.29 is 27.1 Å². The van der Waals surface area contributed by atoms with Crippen LogP contribution in [0.1, 0.15) is 36.5 Å². The van der Waals surface area contributed by atoms with Crippen LogP contribution in [0.15, 0.2) is 18.3 Å². The number of nitrogens with zero attached hydrogens (tertiary/aromatic N) is 7. The number of aromatic nitrogens is 4. The van der Waals surface area contributed by atoms with Crippen LogP contribution in [-0.2, 0) is 24.1 Å². The molecule has 0 radical (unpaired) electrons. The first kappa shape index (κ1) is 25.3. The molecule has 13 heteroatoms. The van der Waals surface area contributed by atoms with Crippen molar-refractivity contribution in [3.8, 4) is 11.8 Å². The fraction of sp³-hybridized carbons (Fsp3) is 0.500. The molecule has 1 saturated carbocycles. The molecule has 0 unspecified atom stereocenters. The van der Waals surface area contributed by atoms with Crippen LogP contribution >= 0.6 is 0 Å². The second-order valence-electron chi connectivity index (χ2n) is 10.3. The molecule has 1 aromatic carbocycles. The zero-order valence-electron chi connectivity index (χ0n) is 21.1. The third-order valence-corrected chi connectivity index (χ3v) is 8.09. The lowest BCUT2D eigenvalue weighted by molar-refractivity contribution is -0.148. The number of ether oxygens (including phenoxy) is 1. The van der Waals surface area contributed by atoms with E-state index in [0.717, 1.165) is 17.4 Å². The quantitative estimate of drug-likeness (QED) is 0.462. The number of benzene rings is 1. The standard InChI is InChI=1S/C26H25F4N7O2/c1-39-19-5-4-17-22(21(19)27)32-11-15(10-31)23(17)35-7-6-16(18(12-35)14-2-3-14)24(38)36-8-9-37-20(13-36)33-34-25(37)26(28,29)30/h4-5,11,14,16,18H,2-3,6-9,12-13H2,1H3/t16-,18-/m0/s1. The molecule has 4 heterocycles. The number of amides is 1. The van der Waals surface area contributed by atoms with Gasteiger partial charge in [0.2, 0.25) is 11.7 Å². The number of hydrogen-bond donors (Lipinski definition) is 0. The van der Waals surface area contributed by atoms with Gasteiger partial charge in [-0.25, -0.2) is 4.39 Å². The highest BCUT2D eigenvalue weighted by atomic mass is 19.4. The first-order chi connectivity index (χ1) is 18.7. The van der Waals surface area contributed by atoms with Crippen molar-refractivity contribution in [3.05, 3.63) is 41.4 Å². The van der Waals surface area contributed by atoms with Crippen LogP contribution in [0.25, 0.3) is 10.9 Å². The Morgan fingerprint density at radius 3 is 2.64 bits per heavy atom. The van der Waals surface area contributed by atoms with E-state index in [1.54, 1.807) is 11.0 Å². The molecule has 1 amide bonds. The SMILES string of the molecule is COc1ccc2c(N3CC[C@H](C(=O)N4CCn5c(nnc5C(F)(F)F)C4)[C@H](C4CC4)C3)c(C#N)cnc2c1F. The van der Waals surface area contributed by atoms with Crippen LogP contribution in [0.3, 0.4) is 0 Å². The molecule has 2 atom stereocenters. The maximum absolute atomic E-state index is 15.0. The maximum atomic E-state index is 15.0. The molecule has 2 fully saturated rings. The summed E-state index contributed by atoms with van der Waals surface area (Å²) in [6.45, 7) is 1.08. The van der Waals surface area contributed by atoms with Crippen molar-refractivity contribution in [3.63, 3.8) is 0 Å². The summed E-state index contributed by atoms with van der Waals surface area (Å²) in [7, 11) is 1.37. The Morgan fingerprint density at radius 2 is 1.95 bits per heavy atom. The normalized spacial score (nSPS) is 21.5. The zero-order chi connectivity index (χ0) is 27.5. The van der Waals surface area contributed by atoms with Gasteiger partial charge in [-0.05, 0) is 43.2 Å². The maximum Gasteiger partial charge on any atom is 0.451 e. The number of alkyl halides is 3. The summed E-state index contributed by atoms with van der Waals surface area (Å²) in [5.41, 5.74) is 1.02. The molecule has 1 aliphatic carbocycles. The van der Waals surface area contributed by atoms with Gasteiger partial charge in [0, 0.05) is 43.7 Å². The first-order valence-corrected chi connectivity index (χ1v) is 12.8. The number of methoxy groups -OCH3 is 1. The fourth-order valence-corrected chi connectivity index (χ4v) is 6.06. The lowest BCUT2D eigenvalue weighted by Gasteiger charge is -2.42. The summed E-state index contributed by atoms with van der Waals surface area (Å²) in [5.74, 6) is -1.52. The molecule has 2 aromatic heterocycles. The van der Waals surface area contributed by atoms with Crippen LogP contribution < -0.4 is 9.64 Å². The summed E-state index contributed by atoms with van der Waals surface area (Å²) in [6, 6.07) is 5.38. The van der Waals surface area contributed by atoms with Crippen LogP contribution in [0.2, 0.25) is 0 Å². The third-order valence-electron chi connectivity index (χ3n) is 8.09. The zero-order valence-corrected chi connectivity index (χ0v) is 21.1.